The first-order chi connectivity index (χ1) is 12.6. The van der Waals surface area contributed by atoms with Crippen molar-refractivity contribution in [1.82, 2.24) is 9.62 Å². The van der Waals surface area contributed by atoms with Gasteiger partial charge in [-0.1, -0.05) is 6.07 Å². The first kappa shape index (κ1) is 21.1. The maximum Gasteiger partial charge on any atom is 0.405 e. The molecule has 0 aliphatic carbocycles. The number of halogens is 3. The van der Waals surface area contributed by atoms with Crippen molar-refractivity contribution in [2.75, 3.05) is 39.5 Å². The summed E-state index contributed by atoms with van der Waals surface area (Å²) in [5.74, 6) is -2.16. The maximum absolute atomic E-state index is 12.6. The average Bonchev–Trinajstić information content (AvgIpc) is 2.64. The Hall–Kier alpha value is -2.18. The standard InChI is InChI=1S/C15H17F3N2O6S/c16-15(17,18)10-19-13(21)9-26-14(22)11-2-1-3-12(8-11)27(23,24)20-4-6-25-7-5-20/h1-3,8H,4-7,9-10H2,(H,19,21). The molecule has 0 saturated carbocycles. The molecule has 0 aromatic heterocycles. The zero-order valence-electron chi connectivity index (χ0n) is 14.0. The summed E-state index contributed by atoms with van der Waals surface area (Å²) in [6.07, 6.45) is -4.58. The third-order valence-corrected chi connectivity index (χ3v) is 5.39. The minimum atomic E-state index is -4.58. The Morgan fingerprint density at radius 2 is 1.89 bits per heavy atom. The lowest BCUT2D eigenvalue weighted by Crippen LogP contribution is -2.40. The first-order valence-corrected chi connectivity index (χ1v) is 9.22. The Morgan fingerprint density at radius 1 is 1.22 bits per heavy atom. The van der Waals surface area contributed by atoms with E-state index in [9.17, 15) is 31.2 Å². The van der Waals surface area contributed by atoms with Gasteiger partial charge in [0.15, 0.2) is 6.61 Å². The van der Waals surface area contributed by atoms with E-state index >= 15 is 0 Å². The molecular weight excluding hydrogens is 393 g/mol. The summed E-state index contributed by atoms with van der Waals surface area (Å²) in [6, 6.07) is 4.99. The third kappa shape index (κ3) is 6.19. The zero-order valence-corrected chi connectivity index (χ0v) is 14.8. The van der Waals surface area contributed by atoms with Gasteiger partial charge in [-0.15, -0.1) is 0 Å². The number of nitrogens with zero attached hydrogens (tertiary/aromatic N) is 1. The molecule has 1 saturated heterocycles. The summed E-state index contributed by atoms with van der Waals surface area (Å²) in [4.78, 5) is 23.1. The molecule has 1 fully saturated rings. The smallest absolute Gasteiger partial charge is 0.405 e. The zero-order chi connectivity index (χ0) is 20.1. The molecule has 27 heavy (non-hydrogen) atoms. The number of benzene rings is 1. The van der Waals surface area contributed by atoms with E-state index < -0.39 is 41.2 Å². The highest BCUT2D eigenvalue weighted by molar-refractivity contribution is 7.89. The van der Waals surface area contributed by atoms with Gasteiger partial charge in [0.25, 0.3) is 5.91 Å². The van der Waals surface area contributed by atoms with Gasteiger partial charge in [0.2, 0.25) is 10.0 Å². The molecule has 1 aromatic rings. The van der Waals surface area contributed by atoms with E-state index in [-0.39, 0.29) is 36.8 Å². The fourth-order valence-corrected chi connectivity index (χ4v) is 3.64. The summed E-state index contributed by atoms with van der Waals surface area (Å²) in [7, 11) is -3.83. The summed E-state index contributed by atoms with van der Waals surface area (Å²) in [5.41, 5.74) is -0.145. The van der Waals surface area contributed by atoms with Crippen LogP contribution in [0.3, 0.4) is 0 Å². The predicted molar refractivity (Wildman–Crippen MR) is 85.4 cm³/mol. The number of sulfonamides is 1. The minimum Gasteiger partial charge on any atom is -0.452 e. The number of alkyl halides is 3. The number of esters is 1. The molecule has 0 bridgehead atoms. The number of carbonyl (C=O) groups is 2. The Kier molecular flexibility index (Phi) is 6.78. The molecule has 2 rings (SSSR count). The van der Waals surface area contributed by atoms with Crippen LogP contribution < -0.4 is 5.32 Å². The number of hydrogen-bond donors (Lipinski definition) is 1. The molecule has 12 heteroatoms. The molecule has 1 aliphatic heterocycles. The molecule has 0 spiro atoms. The monoisotopic (exact) mass is 410 g/mol. The molecule has 1 N–H and O–H groups in total. The summed E-state index contributed by atoms with van der Waals surface area (Å²) in [5, 5.41) is 1.55. The molecule has 0 atom stereocenters. The Balaban J connectivity index is 1.99. The van der Waals surface area contributed by atoms with Crippen LogP contribution in [0.4, 0.5) is 13.2 Å². The van der Waals surface area contributed by atoms with Crippen molar-refractivity contribution in [2.24, 2.45) is 0 Å². The number of hydrogen-bond acceptors (Lipinski definition) is 6. The van der Waals surface area contributed by atoms with Gasteiger partial charge in [0, 0.05) is 13.1 Å². The average molecular weight is 410 g/mol. The lowest BCUT2D eigenvalue weighted by molar-refractivity contribution is -0.140. The van der Waals surface area contributed by atoms with Crippen molar-refractivity contribution >= 4 is 21.9 Å². The molecule has 1 aromatic carbocycles. The van der Waals surface area contributed by atoms with E-state index in [1.165, 1.54) is 22.5 Å². The van der Waals surface area contributed by atoms with E-state index in [0.29, 0.717) is 0 Å². The van der Waals surface area contributed by atoms with Crippen LogP contribution in [0.1, 0.15) is 10.4 Å². The van der Waals surface area contributed by atoms with Gasteiger partial charge in [0.1, 0.15) is 6.54 Å². The Morgan fingerprint density at radius 3 is 2.52 bits per heavy atom. The van der Waals surface area contributed by atoms with Crippen molar-refractivity contribution < 1.29 is 40.7 Å². The van der Waals surface area contributed by atoms with Crippen LogP contribution in [0, 0.1) is 0 Å². The molecule has 1 aliphatic rings. The third-order valence-electron chi connectivity index (χ3n) is 3.50. The minimum absolute atomic E-state index is 0.139. The second-order valence-corrected chi connectivity index (χ2v) is 7.45. The molecular formula is C15H17F3N2O6S. The van der Waals surface area contributed by atoms with Crippen molar-refractivity contribution in [3.8, 4) is 0 Å². The molecule has 8 nitrogen and oxygen atoms in total. The van der Waals surface area contributed by atoms with Gasteiger partial charge in [-0.3, -0.25) is 4.79 Å². The first-order valence-electron chi connectivity index (χ1n) is 7.78. The topological polar surface area (TPSA) is 102 Å². The van der Waals surface area contributed by atoms with E-state index in [1.807, 2.05) is 0 Å². The molecule has 1 amide bonds. The second kappa shape index (κ2) is 8.67. The maximum atomic E-state index is 12.6. The van der Waals surface area contributed by atoms with Gasteiger partial charge in [-0.05, 0) is 18.2 Å². The van der Waals surface area contributed by atoms with Gasteiger partial charge in [0.05, 0.1) is 23.7 Å². The van der Waals surface area contributed by atoms with Crippen LogP contribution in [-0.2, 0) is 24.3 Å². The van der Waals surface area contributed by atoms with Crippen LogP contribution in [0.5, 0.6) is 0 Å². The van der Waals surface area contributed by atoms with Gasteiger partial charge >= 0.3 is 12.1 Å². The van der Waals surface area contributed by atoms with Crippen LogP contribution in [-0.4, -0.2) is 70.2 Å². The van der Waals surface area contributed by atoms with E-state index in [2.05, 4.69) is 4.74 Å². The fourth-order valence-electron chi connectivity index (χ4n) is 2.18. The highest BCUT2D eigenvalue weighted by atomic mass is 32.2. The largest absolute Gasteiger partial charge is 0.452 e. The highest BCUT2D eigenvalue weighted by Crippen LogP contribution is 2.19. The van der Waals surface area contributed by atoms with E-state index in [4.69, 9.17) is 4.74 Å². The van der Waals surface area contributed by atoms with Crippen LogP contribution in [0.25, 0.3) is 0 Å². The van der Waals surface area contributed by atoms with Crippen molar-refractivity contribution in [3.63, 3.8) is 0 Å². The predicted octanol–water partition coefficient (Wildman–Crippen LogP) is 0.543. The summed E-state index contributed by atoms with van der Waals surface area (Å²) >= 11 is 0. The number of ether oxygens (including phenoxy) is 2. The Labute approximate surface area is 153 Å². The van der Waals surface area contributed by atoms with E-state index in [0.717, 1.165) is 6.07 Å². The number of amides is 1. The van der Waals surface area contributed by atoms with Crippen LogP contribution in [0.2, 0.25) is 0 Å². The quantitative estimate of drug-likeness (QED) is 0.687. The number of carbonyl (C=O) groups excluding carboxylic acids is 2. The van der Waals surface area contributed by atoms with E-state index in [1.54, 1.807) is 5.32 Å². The second-order valence-electron chi connectivity index (χ2n) is 5.51. The number of rotatable bonds is 6. The number of nitrogens with one attached hydrogen (secondary N) is 1. The molecule has 0 unspecified atom stereocenters. The van der Waals surface area contributed by atoms with Crippen LogP contribution >= 0.6 is 0 Å². The highest BCUT2D eigenvalue weighted by Gasteiger charge is 2.28. The summed E-state index contributed by atoms with van der Waals surface area (Å²) < 4.78 is 72.0. The normalized spacial score (nSPS) is 16.0. The molecule has 1 heterocycles. The van der Waals surface area contributed by atoms with Crippen LogP contribution in [0.15, 0.2) is 29.2 Å². The van der Waals surface area contributed by atoms with Crippen molar-refractivity contribution in [3.05, 3.63) is 29.8 Å². The fraction of sp³-hybridized carbons (Fsp3) is 0.467. The molecule has 150 valence electrons. The van der Waals surface area contributed by atoms with Gasteiger partial charge < -0.3 is 14.8 Å². The summed E-state index contributed by atoms with van der Waals surface area (Å²) in [6.45, 7) is -1.60. The SMILES string of the molecule is O=C(COC(=O)c1cccc(S(=O)(=O)N2CCOCC2)c1)NCC(F)(F)F. The van der Waals surface area contributed by atoms with Crippen molar-refractivity contribution in [2.45, 2.75) is 11.1 Å². The van der Waals surface area contributed by atoms with Crippen molar-refractivity contribution in [1.29, 1.82) is 0 Å². The Bertz CT molecular complexity index is 791. The lowest BCUT2D eigenvalue weighted by Gasteiger charge is -2.26. The number of morpholine rings is 1. The lowest BCUT2D eigenvalue weighted by atomic mass is 10.2. The molecule has 0 radical (unpaired) electrons. The van der Waals surface area contributed by atoms with Gasteiger partial charge in [-0.25, -0.2) is 13.2 Å². The van der Waals surface area contributed by atoms with Gasteiger partial charge in [-0.2, -0.15) is 17.5 Å².